The summed E-state index contributed by atoms with van der Waals surface area (Å²) < 4.78 is 4.55. The Hall–Kier alpha value is -2.70. The number of ether oxygens (including phenoxy) is 1. The van der Waals surface area contributed by atoms with Crippen molar-refractivity contribution in [3.63, 3.8) is 0 Å². The van der Waals surface area contributed by atoms with Crippen LogP contribution in [0.3, 0.4) is 0 Å². The highest BCUT2D eigenvalue weighted by Gasteiger charge is 2.57. The number of imide groups is 1. The van der Waals surface area contributed by atoms with Crippen molar-refractivity contribution in [2.24, 2.45) is 11.1 Å². The molecule has 0 unspecified atom stereocenters. The summed E-state index contributed by atoms with van der Waals surface area (Å²) in [5, 5.41) is 3.51. The van der Waals surface area contributed by atoms with E-state index in [1.807, 2.05) is 6.92 Å². The maximum absolute atomic E-state index is 12.5. The van der Waals surface area contributed by atoms with Crippen LogP contribution in [0.4, 0.5) is 5.69 Å². The molecule has 7 nitrogen and oxygen atoms in total. The molecular formula is C14H12N2O5. The first-order valence-electron chi connectivity index (χ1n) is 6.31. The van der Waals surface area contributed by atoms with Gasteiger partial charge in [-0.3, -0.25) is 9.59 Å². The highest BCUT2D eigenvalue weighted by atomic mass is 16.7. The van der Waals surface area contributed by atoms with Gasteiger partial charge in [-0.2, -0.15) is 0 Å². The molecule has 0 radical (unpaired) electrons. The number of amides is 2. The fraction of sp³-hybridized carbons (Fsp3) is 0.286. The van der Waals surface area contributed by atoms with Crippen molar-refractivity contribution in [2.45, 2.75) is 13.0 Å². The van der Waals surface area contributed by atoms with Crippen LogP contribution >= 0.6 is 0 Å². The summed E-state index contributed by atoms with van der Waals surface area (Å²) in [6.07, 6.45) is -1.09. The minimum absolute atomic E-state index is 0.171. The van der Waals surface area contributed by atoms with Crippen molar-refractivity contribution in [1.29, 1.82) is 0 Å². The van der Waals surface area contributed by atoms with E-state index in [1.54, 1.807) is 24.3 Å². The summed E-state index contributed by atoms with van der Waals surface area (Å²) in [4.78, 5) is 42.3. The molecule has 108 valence electrons. The number of fused-ring (bicyclic) bond motifs is 1. The van der Waals surface area contributed by atoms with E-state index < -0.39 is 29.8 Å². The van der Waals surface area contributed by atoms with Gasteiger partial charge in [-0.1, -0.05) is 22.9 Å². The summed E-state index contributed by atoms with van der Waals surface area (Å²) >= 11 is 0. The van der Waals surface area contributed by atoms with Crippen LogP contribution in [0.25, 0.3) is 0 Å². The third-order valence-corrected chi connectivity index (χ3v) is 3.50. The van der Waals surface area contributed by atoms with E-state index in [1.165, 1.54) is 7.11 Å². The van der Waals surface area contributed by atoms with Gasteiger partial charge in [0.2, 0.25) is 12.0 Å². The number of anilines is 1. The Morgan fingerprint density at radius 3 is 2.52 bits per heavy atom. The minimum atomic E-state index is -1.09. The van der Waals surface area contributed by atoms with Crippen LogP contribution in [0.15, 0.2) is 29.4 Å². The van der Waals surface area contributed by atoms with Crippen LogP contribution in [-0.2, 0) is 24.0 Å². The molecule has 0 aliphatic carbocycles. The average molecular weight is 288 g/mol. The number of rotatable bonds is 2. The largest absolute Gasteiger partial charge is 0.464 e. The molecule has 7 heteroatoms. The van der Waals surface area contributed by atoms with E-state index in [0.29, 0.717) is 5.69 Å². The van der Waals surface area contributed by atoms with Gasteiger partial charge < -0.3 is 9.57 Å². The molecule has 2 aliphatic heterocycles. The molecule has 0 spiro atoms. The molecule has 0 bridgehead atoms. The van der Waals surface area contributed by atoms with E-state index in [2.05, 4.69) is 9.89 Å². The molecule has 0 N–H and O–H groups in total. The maximum atomic E-state index is 12.5. The number of carbonyl (C=O) groups excluding carboxylic acids is 3. The normalized spacial score (nSPS) is 23.7. The minimum Gasteiger partial charge on any atom is -0.464 e. The number of hydrogen-bond donors (Lipinski definition) is 0. The van der Waals surface area contributed by atoms with Gasteiger partial charge in [0.1, 0.15) is 5.92 Å². The predicted octanol–water partition coefficient (Wildman–Crippen LogP) is 0.412. The zero-order chi connectivity index (χ0) is 15.1. The molecule has 2 heterocycles. The zero-order valence-electron chi connectivity index (χ0n) is 11.4. The van der Waals surface area contributed by atoms with Gasteiger partial charge in [0.15, 0.2) is 5.71 Å². The first-order chi connectivity index (χ1) is 10.0. The van der Waals surface area contributed by atoms with Crippen molar-refractivity contribution in [3.05, 3.63) is 29.8 Å². The summed E-state index contributed by atoms with van der Waals surface area (Å²) in [6.45, 7) is 1.90. The van der Waals surface area contributed by atoms with Gasteiger partial charge in [0.25, 0.3) is 5.91 Å². The van der Waals surface area contributed by atoms with Crippen LogP contribution in [0.1, 0.15) is 5.56 Å². The van der Waals surface area contributed by atoms with E-state index >= 15 is 0 Å². The Labute approximate surface area is 120 Å². The lowest BCUT2D eigenvalue weighted by molar-refractivity contribution is -0.133. The fourth-order valence-corrected chi connectivity index (χ4v) is 2.40. The second-order valence-corrected chi connectivity index (χ2v) is 4.82. The molecule has 0 saturated carbocycles. The molecular weight excluding hydrogens is 276 g/mol. The van der Waals surface area contributed by atoms with Crippen LogP contribution < -0.4 is 4.90 Å². The predicted molar refractivity (Wildman–Crippen MR) is 71.5 cm³/mol. The van der Waals surface area contributed by atoms with Crippen molar-refractivity contribution in [2.75, 3.05) is 12.0 Å². The quantitative estimate of drug-likeness (QED) is 0.581. The summed E-state index contributed by atoms with van der Waals surface area (Å²) in [5.41, 5.74) is 1.28. The van der Waals surface area contributed by atoms with Crippen molar-refractivity contribution in [3.8, 4) is 0 Å². The fourth-order valence-electron chi connectivity index (χ4n) is 2.40. The van der Waals surface area contributed by atoms with Crippen molar-refractivity contribution >= 4 is 29.2 Å². The van der Waals surface area contributed by atoms with E-state index in [4.69, 9.17) is 4.84 Å². The lowest BCUT2D eigenvalue weighted by atomic mass is 10.00. The van der Waals surface area contributed by atoms with Crippen LogP contribution in [0, 0.1) is 12.8 Å². The van der Waals surface area contributed by atoms with Crippen molar-refractivity contribution < 1.29 is 24.0 Å². The lowest BCUT2D eigenvalue weighted by Gasteiger charge is -2.15. The molecule has 0 aromatic heterocycles. The van der Waals surface area contributed by atoms with Gasteiger partial charge in [0.05, 0.1) is 12.8 Å². The number of esters is 1. The molecule has 1 fully saturated rings. The first kappa shape index (κ1) is 13.3. The second-order valence-electron chi connectivity index (χ2n) is 4.82. The monoisotopic (exact) mass is 288 g/mol. The molecule has 1 aromatic rings. The standard InChI is InChI=1S/C14H12N2O5/c1-7-3-5-8(6-4-7)16-12(17)9-10(14(19)20-2)15-21-11(9)13(16)18/h3-6,9,11H,1-2H3/t9-,11+/m0/s1. The van der Waals surface area contributed by atoms with Crippen LogP contribution in [0.2, 0.25) is 0 Å². The summed E-state index contributed by atoms with van der Waals surface area (Å²) in [5.74, 6) is -2.87. The maximum Gasteiger partial charge on any atom is 0.356 e. The highest BCUT2D eigenvalue weighted by molar-refractivity contribution is 6.46. The average Bonchev–Trinajstić information content (AvgIpc) is 3.01. The smallest absolute Gasteiger partial charge is 0.356 e. The number of oxime groups is 1. The Morgan fingerprint density at radius 2 is 1.90 bits per heavy atom. The number of methoxy groups -OCH3 is 1. The van der Waals surface area contributed by atoms with Crippen molar-refractivity contribution in [1.82, 2.24) is 0 Å². The summed E-state index contributed by atoms with van der Waals surface area (Å²) in [7, 11) is 1.18. The molecule has 2 aliphatic rings. The highest BCUT2D eigenvalue weighted by Crippen LogP contribution is 2.33. The Balaban J connectivity index is 1.95. The third kappa shape index (κ3) is 1.89. The Morgan fingerprint density at radius 1 is 1.24 bits per heavy atom. The number of hydrogen-bond acceptors (Lipinski definition) is 6. The van der Waals surface area contributed by atoms with Gasteiger partial charge in [-0.15, -0.1) is 0 Å². The first-order valence-corrected chi connectivity index (χ1v) is 6.31. The van der Waals surface area contributed by atoms with Crippen LogP contribution in [0.5, 0.6) is 0 Å². The third-order valence-electron chi connectivity index (χ3n) is 3.50. The van der Waals surface area contributed by atoms with Gasteiger partial charge in [0, 0.05) is 0 Å². The van der Waals surface area contributed by atoms with E-state index in [-0.39, 0.29) is 5.71 Å². The molecule has 1 saturated heterocycles. The van der Waals surface area contributed by atoms with Gasteiger partial charge >= 0.3 is 5.97 Å². The Kier molecular flexibility index (Phi) is 2.97. The summed E-state index contributed by atoms with van der Waals surface area (Å²) in [6, 6.07) is 6.92. The number of aryl methyl sites for hydroxylation is 1. The molecule has 21 heavy (non-hydrogen) atoms. The molecule has 3 rings (SSSR count). The number of benzene rings is 1. The topological polar surface area (TPSA) is 85.3 Å². The second kappa shape index (κ2) is 4.69. The zero-order valence-corrected chi connectivity index (χ0v) is 11.4. The van der Waals surface area contributed by atoms with E-state index in [0.717, 1.165) is 10.5 Å². The lowest BCUT2D eigenvalue weighted by Crippen LogP contribution is -2.34. The van der Waals surface area contributed by atoms with Gasteiger partial charge in [-0.25, -0.2) is 9.69 Å². The molecule has 1 aromatic carbocycles. The number of nitrogens with zero attached hydrogens (tertiary/aromatic N) is 2. The number of carbonyl (C=O) groups is 3. The van der Waals surface area contributed by atoms with Crippen LogP contribution in [-0.4, -0.2) is 36.7 Å². The SMILES string of the molecule is COC(=O)C1=NO[C@H]2C(=O)N(c3ccc(C)cc3)C(=O)[C@@H]12. The molecule has 2 amide bonds. The molecule has 2 atom stereocenters. The Bertz CT molecular complexity index is 664. The van der Waals surface area contributed by atoms with Gasteiger partial charge in [-0.05, 0) is 19.1 Å². The van der Waals surface area contributed by atoms with E-state index in [9.17, 15) is 14.4 Å².